The number of carbonyl (C=O) groups is 1. The Bertz CT molecular complexity index is 1240. The van der Waals surface area contributed by atoms with Gasteiger partial charge in [-0.15, -0.1) is 0 Å². The van der Waals surface area contributed by atoms with Gasteiger partial charge >= 0.3 is 11.9 Å². The van der Waals surface area contributed by atoms with E-state index in [0.717, 1.165) is 66.9 Å². The van der Waals surface area contributed by atoms with Gasteiger partial charge in [-0.3, -0.25) is 9.36 Å². The molecule has 1 aliphatic rings. The van der Waals surface area contributed by atoms with Gasteiger partial charge in [-0.05, 0) is 56.0 Å². The molecule has 34 heavy (non-hydrogen) atoms. The summed E-state index contributed by atoms with van der Waals surface area (Å²) in [5.74, 6) is 0.100. The fourth-order valence-electron chi connectivity index (χ4n) is 3.89. The maximum Gasteiger partial charge on any atom is 0.416 e. The summed E-state index contributed by atoms with van der Waals surface area (Å²) in [6, 6.07) is 6.41. The molecular weight excluding hydrogens is 471 g/mol. The largest absolute Gasteiger partial charge is 0.495 e. The lowest BCUT2D eigenvalue weighted by atomic mass is 9.97. The Morgan fingerprint density at radius 1 is 1.26 bits per heavy atom. The van der Waals surface area contributed by atoms with E-state index >= 15 is 0 Å². The van der Waals surface area contributed by atoms with Crippen LogP contribution in [0, 0.1) is 0 Å². The third-order valence-corrected chi connectivity index (χ3v) is 6.50. The first kappa shape index (κ1) is 23.9. The number of carbonyl (C=O) groups excluding carboxylic acids is 1. The second kappa shape index (κ2) is 9.96. The molecule has 1 N–H and O–H groups in total. The quantitative estimate of drug-likeness (QED) is 0.385. The second-order valence-corrected chi connectivity index (χ2v) is 8.71. The van der Waals surface area contributed by atoms with E-state index in [1.54, 1.807) is 23.0 Å². The lowest BCUT2D eigenvalue weighted by molar-refractivity contribution is -0.137. The lowest BCUT2D eigenvalue weighted by Gasteiger charge is -2.22. The van der Waals surface area contributed by atoms with Gasteiger partial charge in [0.2, 0.25) is 5.91 Å². The van der Waals surface area contributed by atoms with Crippen molar-refractivity contribution in [2.75, 3.05) is 18.2 Å². The van der Waals surface area contributed by atoms with Gasteiger partial charge in [-0.1, -0.05) is 11.8 Å². The minimum absolute atomic E-state index is 0.0771. The maximum atomic E-state index is 13.1. The number of nitrogens with one attached hydrogen (secondary N) is 1. The number of thioether (sulfide) groups is 1. The highest BCUT2D eigenvalue weighted by molar-refractivity contribution is 8.00. The molecule has 0 saturated heterocycles. The molecule has 1 aromatic carbocycles. The Kier molecular flexibility index (Phi) is 7.01. The number of anilines is 1. The SMILES string of the molecule is COc1ccc(C(F)(F)F)cc1NC(=O)CSc1nc(=O)n(Cc2ccco2)c2c1CCCC2. The summed E-state index contributed by atoms with van der Waals surface area (Å²) in [4.78, 5) is 29.5. The van der Waals surface area contributed by atoms with E-state index in [1.165, 1.54) is 7.11 Å². The number of ether oxygens (including phenoxy) is 1. The summed E-state index contributed by atoms with van der Waals surface area (Å²) >= 11 is 1.09. The molecule has 0 fully saturated rings. The van der Waals surface area contributed by atoms with Crippen LogP contribution < -0.4 is 15.7 Å². The number of halogens is 3. The van der Waals surface area contributed by atoms with Gasteiger partial charge in [0.05, 0.1) is 36.9 Å². The van der Waals surface area contributed by atoms with Crippen LogP contribution in [0.1, 0.15) is 35.4 Å². The van der Waals surface area contributed by atoms with Crippen LogP contribution in [0.25, 0.3) is 0 Å². The van der Waals surface area contributed by atoms with Gasteiger partial charge in [0.25, 0.3) is 0 Å². The predicted octanol–water partition coefficient (Wildman–Crippen LogP) is 4.52. The van der Waals surface area contributed by atoms with Crippen molar-refractivity contribution in [2.24, 2.45) is 0 Å². The fourth-order valence-corrected chi connectivity index (χ4v) is 4.77. The van der Waals surface area contributed by atoms with E-state index in [9.17, 15) is 22.8 Å². The zero-order valence-electron chi connectivity index (χ0n) is 18.3. The Hall–Kier alpha value is -3.21. The Morgan fingerprint density at radius 3 is 2.76 bits per heavy atom. The van der Waals surface area contributed by atoms with E-state index in [4.69, 9.17) is 9.15 Å². The number of benzene rings is 1. The molecule has 0 spiro atoms. The van der Waals surface area contributed by atoms with Crippen LogP contribution in [-0.4, -0.2) is 28.3 Å². The molecule has 4 rings (SSSR count). The number of methoxy groups -OCH3 is 1. The molecule has 0 atom stereocenters. The van der Waals surface area contributed by atoms with Crippen LogP contribution in [0.5, 0.6) is 5.75 Å². The molecule has 11 heteroatoms. The Labute approximate surface area is 197 Å². The van der Waals surface area contributed by atoms with Crippen LogP contribution in [0.3, 0.4) is 0 Å². The average molecular weight is 494 g/mol. The van der Waals surface area contributed by atoms with Crippen molar-refractivity contribution in [3.63, 3.8) is 0 Å². The van der Waals surface area contributed by atoms with Crippen molar-refractivity contribution < 1.29 is 27.1 Å². The number of hydrogen-bond acceptors (Lipinski definition) is 6. The van der Waals surface area contributed by atoms with E-state index in [-0.39, 0.29) is 23.7 Å². The predicted molar refractivity (Wildman–Crippen MR) is 120 cm³/mol. The molecular formula is C23H22F3N3O4S. The monoisotopic (exact) mass is 493 g/mol. The van der Waals surface area contributed by atoms with Crippen molar-refractivity contribution in [2.45, 2.75) is 43.4 Å². The van der Waals surface area contributed by atoms with Crippen LogP contribution in [0.4, 0.5) is 18.9 Å². The normalized spacial score (nSPS) is 13.4. The highest BCUT2D eigenvalue weighted by atomic mass is 32.2. The highest BCUT2D eigenvalue weighted by Gasteiger charge is 2.31. The Balaban J connectivity index is 1.52. The molecule has 0 aliphatic heterocycles. The Morgan fingerprint density at radius 2 is 2.06 bits per heavy atom. The van der Waals surface area contributed by atoms with Crippen molar-refractivity contribution in [3.05, 3.63) is 69.7 Å². The minimum atomic E-state index is -4.55. The molecule has 0 bridgehead atoms. The molecule has 1 amide bonds. The number of amides is 1. The lowest BCUT2D eigenvalue weighted by Crippen LogP contribution is -2.30. The fraction of sp³-hybridized carbons (Fsp3) is 0.348. The zero-order valence-corrected chi connectivity index (χ0v) is 19.1. The standard InChI is InChI=1S/C23H22F3N3O4S/c1-32-19-9-8-14(23(24,25)26)11-17(19)27-20(30)13-34-21-16-6-2-3-7-18(16)29(22(31)28-21)12-15-5-4-10-33-15/h4-5,8-11H,2-3,6-7,12-13H2,1H3,(H,27,30). The molecule has 2 heterocycles. The van der Waals surface area contributed by atoms with Crippen molar-refractivity contribution in [3.8, 4) is 5.75 Å². The third-order valence-electron chi connectivity index (χ3n) is 5.49. The van der Waals surface area contributed by atoms with Crippen LogP contribution in [0.15, 0.2) is 50.8 Å². The topological polar surface area (TPSA) is 86.4 Å². The van der Waals surface area contributed by atoms with Gasteiger partial charge < -0.3 is 14.5 Å². The molecule has 0 unspecified atom stereocenters. The molecule has 180 valence electrons. The maximum absolute atomic E-state index is 13.1. The number of fused-ring (bicyclic) bond motifs is 1. The van der Waals surface area contributed by atoms with Gasteiger partial charge in [0, 0.05) is 11.3 Å². The number of hydrogen-bond donors (Lipinski definition) is 1. The zero-order chi connectivity index (χ0) is 24.3. The van der Waals surface area contributed by atoms with Crippen molar-refractivity contribution in [1.82, 2.24) is 9.55 Å². The number of nitrogens with zero attached hydrogens (tertiary/aromatic N) is 2. The van der Waals surface area contributed by atoms with E-state index in [0.29, 0.717) is 10.8 Å². The summed E-state index contributed by atoms with van der Waals surface area (Å²) in [6.45, 7) is 0.280. The summed E-state index contributed by atoms with van der Waals surface area (Å²) in [5, 5.41) is 2.95. The van der Waals surface area contributed by atoms with Crippen LogP contribution >= 0.6 is 11.8 Å². The van der Waals surface area contributed by atoms with Gasteiger partial charge in [0.1, 0.15) is 16.5 Å². The van der Waals surface area contributed by atoms with Crippen molar-refractivity contribution in [1.29, 1.82) is 0 Å². The third kappa shape index (κ3) is 5.30. The van der Waals surface area contributed by atoms with Gasteiger partial charge in [-0.25, -0.2) is 4.79 Å². The van der Waals surface area contributed by atoms with Gasteiger partial charge in [0.15, 0.2) is 0 Å². The average Bonchev–Trinajstić information content (AvgIpc) is 3.32. The van der Waals surface area contributed by atoms with Crippen LogP contribution in [0.2, 0.25) is 0 Å². The molecule has 3 aromatic rings. The summed E-state index contributed by atoms with van der Waals surface area (Å²) in [7, 11) is 1.31. The van der Waals surface area contributed by atoms with Crippen molar-refractivity contribution >= 4 is 23.4 Å². The molecule has 7 nitrogen and oxygen atoms in total. The number of rotatable bonds is 7. The summed E-state index contributed by atoms with van der Waals surface area (Å²) < 4.78 is 51.2. The second-order valence-electron chi connectivity index (χ2n) is 7.75. The van der Waals surface area contributed by atoms with Gasteiger partial charge in [-0.2, -0.15) is 18.2 Å². The van der Waals surface area contributed by atoms with E-state index in [2.05, 4.69) is 10.3 Å². The molecule has 0 saturated carbocycles. The smallest absolute Gasteiger partial charge is 0.416 e. The first-order valence-corrected chi connectivity index (χ1v) is 11.6. The first-order valence-electron chi connectivity index (χ1n) is 10.6. The minimum Gasteiger partial charge on any atom is -0.495 e. The number of furan rings is 1. The summed E-state index contributed by atoms with van der Waals surface area (Å²) in [5.41, 5.74) is 0.399. The van der Waals surface area contributed by atoms with E-state index < -0.39 is 23.3 Å². The molecule has 2 aromatic heterocycles. The number of alkyl halides is 3. The highest BCUT2D eigenvalue weighted by Crippen LogP contribution is 2.35. The number of aromatic nitrogens is 2. The van der Waals surface area contributed by atoms with Crippen LogP contribution in [-0.2, 0) is 30.4 Å². The molecule has 0 radical (unpaired) electrons. The molecule has 1 aliphatic carbocycles. The summed E-state index contributed by atoms with van der Waals surface area (Å²) in [6.07, 6.45) is 0.316. The first-order chi connectivity index (χ1) is 16.3. The van der Waals surface area contributed by atoms with E-state index in [1.807, 2.05) is 0 Å².